The highest BCUT2D eigenvalue weighted by molar-refractivity contribution is 7.89. The van der Waals surface area contributed by atoms with Crippen LogP contribution >= 0.6 is 0 Å². The molecule has 2 N–H and O–H groups in total. The minimum absolute atomic E-state index is 0.0121. The van der Waals surface area contributed by atoms with Crippen LogP contribution in [-0.2, 0) is 22.9 Å². The fourth-order valence-electron chi connectivity index (χ4n) is 2.06. The van der Waals surface area contributed by atoms with Crippen LogP contribution in [0.5, 0.6) is 0 Å². The molecule has 0 radical (unpaired) electrons. The number of halogens is 2. The molecule has 0 bridgehead atoms. The van der Waals surface area contributed by atoms with Gasteiger partial charge in [0.25, 0.3) is 5.92 Å². The van der Waals surface area contributed by atoms with E-state index in [-0.39, 0.29) is 4.90 Å². The quantitative estimate of drug-likeness (QED) is 0.853. The first-order valence-corrected chi connectivity index (χ1v) is 7.42. The molecular formula is C12H15F2NO3S. The van der Waals surface area contributed by atoms with Gasteiger partial charge in [0.15, 0.2) is 0 Å². The van der Waals surface area contributed by atoms with Crippen molar-refractivity contribution in [3.63, 3.8) is 0 Å². The van der Waals surface area contributed by atoms with Gasteiger partial charge < -0.3 is 5.11 Å². The average molecular weight is 291 g/mol. The van der Waals surface area contributed by atoms with E-state index in [9.17, 15) is 17.2 Å². The van der Waals surface area contributed by atoms with E-state index in [1.54, 1.807) is 6.07 Å². The highest BCUT2D eigenvalue weighted by Crippen LogP contribution is 2.24. The molecule has 0 spiro atoms. The molecular weight excluding hydrogens is 276 g/mol. The Bertz CT molecular complexity index is 572. The Labute approximate surface area is 110 Å². The van der Waals surface area contributed by atoms with Crippen LogP contribution in [0, 0.1) is 0 Å². The largest absolute Gasteiger partial charge is 0.390 e. The van der Waals surface area contributed by atoms with Crippen LogP contribution in [0.1, 0.15) is 17.5 Å². The van der Waals surface area contributed by atoms with Crippen LogP contribution in [0.4, 0.5) is 8.78 Å². The second-order valence-corrected chi connectivity index (χ2v) is 6.39. The van der Waals surface area contributed by atoms with Crippen LogP contribution in [0.3, 0.4) is 0 Å². The molecule has 0 saturated heterocycles. The zero-order chi connectivity index (χ0) is 14.1. The summed E-state index contributed by atoms with van der Waals surface area (Å²) in [7, 11) is -3.97. The van der Waals surface area contributed by atoms with E-state index in [1.807, 2.05) is 4.72 Å². The third-order valence-electron chi connectivity index (χ3n) is 3.13. The van der Waals surface area contributed by atoms with E-state index in [0.29, 0.717) is 0 Å². The van der Waals surface area contributed by atoms with E-state index < -0.39 is 29.1 Å². The number of aryl methyl sites for hydroxylation is 2. The second kappa shape index (κ2) is 5.15. The average Bonchev–Trinajstić information content (AvgIpc) is 2.84. The van der Waals surface area contributed by atoms with E-state index in [0.717, 1.165) is 30.4 Å². The van der Waals surface area contributed by atoms with Gasteiger partial charge in [0, 0.05) is 0 Å². The third kappa shape index (κ3) is 3.29. The van der Waals surface area contributed by atoms with Crippen LogP contribution < -0.4 is 4.72 Å². The van der Waals surface area contributed by atoms with E-state index >= 15 is 0 Å². The summed E-state index contributed by atoms with van der Waals surface area (Å²) in [4.78, 5) is -0.0121. The summed E-state index contributed by atoms with van der Waals surface area (Å²) >= 11 is 0. The van der Waals surface area contributed by atoms with Gasteiger partial charge >= 0.3 is 0 Å². The maximum Gasteiger partial charge on any atom is 0.283 e. The molecule has 1 aromatic carbocycles. The van der Waals surface area contributed by atoms with Crippen molar-refractivity contribution in [1.29, 1.82) is 0 Å². The van der Waals surface area contributed by atoms with Gasteiger partial charge in [0.05, 0.1) is 11.4 Å². The maximum absolute atomic E-state index is 12.8. The number of sulfonamides is 1. The van der Waals surface area contributed by atoms with Gasteiger partial charge in [-0.1, -0.05) is 6.07 Å². The first-order valence-electron chi connectivity index (χ1n) is 5.94. The number of benzene rings is 1. The molecule has 0 saturated carbocycles. The standard InChI is InChI=1S/C12H15F2NO3S/c13-12(14,8-16)7-15-19(17,18)11-5-4-9-2-1-3-10(9)6-11/h4-6,15-16H,1-3,7-8H2. The minimum atomic E-state index is -3.97. The Kier molecular flexibility index (Phi) is 3.89. The van der Waals surface area contributed by atoms with Gasteiger partial charge in [-0.05, 0) is 42.5 Å². The van der Waals surface area contributed by atoms with Crippen LogP contribution in [0.15, 0.2) is 23.1 Å². The van der Waals surface area contributed by atoms with Crippen molar-refractivity contribution >= 4 is 10.0 Å². The number of aliphatic hydroxyl groups is 1. The Morgan fingerprint density at radius 2 is 1.95 bits per heavy atom. The first kappa shape index (κ1) is 14.4. The number of rotatable bonds is 5. The van der Waals surface area contributed by atoms with Gasteiger partial charge in [-0.15, -0.1) is 0 Å². The van der Waals surface area contributed by atoms with Gasteiger partial charge in [0.1, 0.15) is 6.61 Å². The lowest BCUT2D eigenvalue weighted by Crippen LogP contribution is -2.38. The second-order valence-electron chi connectivity index (χ2n) is 4.62. The molecule has 1 aromatic rings. The SMILES string of the molecule is O=S(=O)(NCC(F)(F)CO)c1ccc2c(c1)CCC2. The molecule has 0 amide bonds. The van der Waals surface area contributed by atoms with E-state index in [4.69, 9.17) is 5.11 Å². The summed E-state index contributed by atoms with van der Waals surface area (Å²) in [6.45, 7) is -2.50. The van der Waals surface area contributed by atoms with Crippen LogP contribution in [0.25, 0.3) is 0 Å². The molecule has 0 aliphatic heterocycles. The third-order valence-corrected chi connectivity index (χ3v) is 4.53. The van der Waals surface area contributed by atoms with Crippen molar-refractivity contribution in [2.24, 2.45) is 0 Å². The molecule has 7 heteroatoms. The van der Waals surface area contributed by atoms with Gasteiger partial charge in [-0.25, -0.2) is 21.9 Å². The lowest BCUT2D eigenvalue weighted by Gasteiger charge is -2.14. The Balaban J connectivity index is 2.16. The smallest absolute Gasteiger partial charge is 0.283 e. The Morgan fingerprint density at radius 3 is 2.63 bits per heavy atom. The molecule has 4 nitrogen and oxygen atoms in total. The fraction of sp³-hybridized carbons (Fsp3) is 0.500. The van der Waals surface area contributed by atoms with E-state index in [1.165, 1.54) is 12.1 Å². The molecule has 106 valence electrons. The summed E-state index contributed by atoms with van der Waals surface area (Å²) in [5, 5.41) is 8.40. The summed E-state index contributed by atoms with van der Waals surface area (Å²) in [5.41, 5.74) is 2.07. The normalized spacial score (nSPS) is 15.5. The molecule has 19 heavy (non-hydrogen) atoms. The lowest BCUT2D eigenvalue weighted by molar-refractivity contribution is -0.0437. The fourth-order valence-corrected chi connectivity index (χ4v) is 3.17. The van der Waals surface area contributed by atoms with E-state index in [2.05, 4.69) is 0 Å². The monoisotopic (exact) mass is 291 g/mol. The highest BCUT2D eigenvalue weighted by Gasteiger charge is 2.30. The van der Waals surface area contributed by atoms with Crippen LogP contribution in [-0.4, -0.2) is 32.6 Å². The summed E-state index contributed by atoms with van der Waals surface area (Å²) in [6, 6.07) is 4.67. The van der Waals surface area contributed by atoms with Crippen molar-refractivity contribution in [2.75, 3.05) is 13.2 Å². The predicted octanol–water partition coefficient (Wildman–Crippen LogP) is 1.08. The Hall–Kier alpha value is -1.05. The number of aliphatic hydroxyl groups excluding tert-OH is 1. The number of hydrogen-bond donors (Lipinski definition) is 2. The number of nitrogens with one attached hydrogen (secondary N) is 1. The topological polar surface area (TPSA) is 66.4 Å². The number of fused-ring (bicyclic) bond motifs is 1. The minimum Gasteiger partial charge on any atom is -0.390 e. The Morgan fingerprint density at radius 1 is 1.26 bits per heavy atom. The zero-order valence-electron chi connectivity index (χ0n) is 10.2. The van der Waals surface area contributed by atoms with Gasteiger partial charge in [-0.2, -0.15) is 0 Å². The van der Waals surface area contributed by atoms with Crippen molar-refractivity contribution in [1.82, 2.24) is 4.72 Å². The molecule has 0 fully saturated rings. The zero-order valence-corrected chi connectivity index (χ0v) is 11.0. The summed E-state index contributed by atoms with van der Waals surface area (Å²) in [5.74, 6) is -3.45. The molecule has 0 aromatic heterocycles. The molecule has 1 aliphatic rings. The van der Waals surface area contributed by atoms with Gasteiger partial charge in [0.2, 0.25) is 10.0 Å². The molecule has 2 rings (SSSR count). The summed E-state index contributed by atoms with van der Waals surface area (Å²) in [6.07, 6.45) is 2.71. The molecule has 0 atom stereocenters. The lowest BCUT2D eigenvalue weighted by atomic mass is 10.1. The van der Waals surface area contributed by atoms with Gasteiger partial charge in [-0.3, -0.25) is 0 Å². The predicted molar refractivity (Wildman–Crippen MR) is 65.7 cm³/mol. The number of alkyl halides is 2. The van der Waals surface area contributed by atoms with Crippen molar-refractivity contribution < 1.29 is 22.3 Å². The van der Waals surface area contributed by atoms with Crippen molar-refractivity contribution in [3.05, 3.63) is 29.3 Å². The molecule has 1 aliphatic carbocycles. The molecule has 0 heterocycles. The first-order chi connectivity index (χ1) is 8.84. The maximum atomic E-state index is 12.8. The number of hydrogen-bond acceptors (Lipinski definition) is 3. The van der Waals surface area contributed by atoms with Crippen molar-refractivity contribution in [2.45, 2.75) is 30.1 Å². The molecule has 0 unspecified atom stereocenters. The van der Waals surface area contributed by atoms with Crippen molar-refractivity contribution in [3.8, 4) is 0 Å². The van der Waals surface area contributed by atoms with Crippen LogP contribution in [0.2, 0.25) is 0 Å². The highest BCUT2D eigenvalue weighted by atomic mass is 32.2. The summed E-state index contributed by atoms with van der Waals surface area (Å²) < 4.78 is 51.2.